The van der Waals surface area contributed by atoms with Gasteiger partial charge in [-0.05, 0) is 79.8 Å². The molecule has 8 nitrogen and oxygen atoms in total. The number of rotatable bonds is 3. The summed E-state index contributed by atoms with van der Waals surface area (Å²) in [5, 5.41) is 41.7. The highest BCUT2D eigenvalue weighted by Crippen LogP contribution is 2.74. The predicted molar refractivity (Wildman–Crippen MR) is 159 cm³/mol. The zero-order valence-electron chi connectivity index (χ0n) is 26.9. The van der Waals surface area contributed by atoms with Gasteiger partial charge in [0, 0.05) is 17.8 Å². The molecule has 0 unspecified atom stereocenters. The van der Waals surface area contributed by atoms with Crippen molar-refractivity contribution in [3.8, 4) is 0 Å². The summed E-state index contributed by atoms with van der Waals surface area (Å²) in [6, 6.07) is 0. The summed E-state index contributed by atoms with van der Waals surface area (Å²) in [5.41, 5.74) is 2.91. The van der Waals surface area contributed by atoms with E-state index in [-0.39, 0.29) is 53.0 Å². The van der Waals surface area contributed by atoms with Crippen molar-refractivity contribution >= 4 is 0 Å². The van der Waals surface area contributed by atoms with E-state index in [4.69, 9.17) is 18.9 Å². The molecule has 7 rings (SSSR count). The SMILES string of the molecule is C[C@@H]1C[C@H]2O[C@]3(C[C@@]4(C)C5=CC[C@@H]6C(=CC[C@H](O[C@@H]7OC[C@@H](O)[C@H](O)[C@H]7O)C6(C)C)CC5=CC[C@]4(C)[C@@H]13)O[C@@H]2C(C)(C)O. The minimum Gasteiger partial charge on any atom is -0.388 e. The van der Waals surface area contributed by atoms with Gasteiger partial charge >= 0.3 is 0 Å². The first-order valence-electron chi connectivity index (χ1n) is 16.5. The third-order valence-electron chi connectivity index (χ3n) is 13.1. The van der Waals surface area contributed by atoms with Gasteiger partial charge in [-0.1, -0.05) is 58.4 Å². The molecule has 13 atom stereocenters. The summed E-state index contributed by atoms with van der Waals surface area (Å²) in [7, 11) is 0. The van der Waals surface area contributed by atoms with Crippen LogP contribution in [-0.2, 0) is 18.9 Å². The second kappa shape index (κ2) is 9.71. The number of aliphatic hydroxyl groups is 4. The van der Waals surface area contributed by atoms with Crippen LogP contribution in [0.15, 0.2) is 34.9 Å². The van der Waals surface area contributed by atoms with Crippen LogP contribution in [0.4, 0.5) is 0 Å². The lowest BCUT2D eigenvalue weighted by Crippen LogP contribution is -2.56. The van der Waals surface area contributed by atoms with Crippen molar-refractivity contribution in [2.24, 2.45) is 34.0 Å². The molecule has 4 fully saturated rings. The highest BCUT2D eigenvalue weighted by atomic mass is 16.8. The molecule has 0 radical (unpaired) electrons. The van der Waals surface area contributed by atoms with E-state index in [0.29, 0.717) is 12.3 Å². The molecule has 0 aromatic carbocycles. The average molecular weight is 601 g/mol. The van der Waals surface area contributed by atoms with Gasteiger partial charge in [0.05, 0.1) is 24.4 Å². The maximum atomic E-state index is 11.0. The second-order valence-corrected chi connectivity index (χ2v) is 16.5. The first-order valence-corrected chi connectivity index (χ1v) is 16.5. The average Bonchev–Trinajstić information content (AvgIpc) is 3.21. The molecule has 4 aliphatic carbocycles. The predicted octanol–water partition coefficient (Wildman–Crippen LogP) is 4.16. The minimum atomic E-state index is -1.30. The molecule has 1 spiro atoms. The van der Waals surface area contributed by atoms with Crippen molar-refractivity contribution in [1.82, 2.24) is 0 Å². The smallest absolute Gasteiger partial charge is 0.186 e. The fourth-order valence-corrected chi connectivity index (χ4v) is 10.7. The molecular formula is C35H52O8. The van der Waals surface area contributed by atoms with Gasteiger partial charge in [-0.2, -0.15) is 0 Å². The molecular weight excluding hydrogens is 548 g/mol. The maximum Gasteiger partial charge on any atom is 0.186 e. The topological polar surface area (TPSA) is 118 Å². The van der Waals surface area contributed by atoms with Crippen LogP contribution in [0.5, 0.6) is 0 Å². The van der Waals surface area contributed by atoms with Crippen LogP contribution in [0.3, 0.4) is 0 Å². The summed E-state index contributed by atoms with van der Waals surface area (Å²) in [4.78, 5) is 0. The van der Waals surface area contributed by atoms with E-state index >= 15 is 0 Å². The Balaban J connectivity index is 1.19. The van der Waals surface area contributed by atoms with Gasteiger partial charge < -0.3 is 39.4 Å². The molecule has 2 bridgehead atoms. The zero-order chi connectivity index (χ0) is 30.9. The van der Waals surface area contributed by atoms with Crippen molar-refractivity contribution in [2.75, 3.05) is 6.61 Å². The molecule has 8 heteroatoms. The Morgan fingerprint density at radius 3 is 2.44 bits per heavy atom. The van der Waals surface area contributed by atoms with Crippen LogP contribution in [0, 0.1) is 34.0 Å². The fraction of sp³-hybridized carbons (Fsp3) is 0.829. The van der Waals surface area contributed by atoms with Crippen molar-refractivity contribution in [3.63, 3.8) is 0 Å². The summed E-state index contributed by atoms with van der Waals surface area (Å²) in [5.74, 6) is 0.233. The molecule has 0 aromatic rings. The van der Waals surface area contributed by atoms with Gasteiger partial charge in [-0.15, -0.1) is 0 Å². The van der Waals surface area contributed by atoms with Crippen molar-refractivity contribution < 1.29 is 39.4 Å². The summed E-state index contributed by atoms with van der Waals surface area (Å²) in [6.45, 7) is 15.4. The zero-order valence-corrected chi connectivity index (χ0v) is 26.9. The molecule has 4 N–H and O–H groups in total. The lowest BCUT2D eigenvalue weighted by molar-refractivity contribution is -0.293. The van der Waals surface area contributed by atoms with E-state index in [0.717, 1.165) is 32.1 Å². The Morgan fingerprint density at radius 2 is 1.72 bits per heavy atom. The van der Waals surface area contributed by atoms with E-state index in [2.05, 4.69) is 52.8 Å². The van der Waals surface area contributed by atoms with Gasteiger partial charge in [0.25, 0.3) is 0 Å². The summed E-state index contributed by atoms with van der Waals surface area (Å²) < 4.78 is 25.7. The maximum absolute atomic E-state index is 11.0. The van der Waals surface area contributed by atoms with E-state index in [1.165, 1.54) is 16.7 Å². The van der Waals surface area contributed by atoms with Crippen LogP contribution in [0.1, 0.15) is 87.0 Å². The lowest BCUT2D eigenvalue weighted by atomic mass is 9.53. The van der Waals surface area contributed by atoms with Crippen molar-refractivity contribution in [3.05, 3.63) is 34.9 Å². The number of hydrogen-bond acceptors (Lipinski definition) is 8. The van der Waals surface area contributed by atoms with Crippen LogP contribution < -0.4 is 0 Å². The molecule has 3 saturated heterocycles. The molecule has 43 heavy (non-hydrogen) atoms. The first-order chi connectivity index (χ1) is 20.0. The van der Waals surface area contributed by atoms with Gasteiger partial charge in [-0.3, -0.25) is 0 Å². The molecule has 7 aliphatic rings. The molecule has 240 valence electrons. The Labute approximate surface area is 256 Å². The van der Waals surface area contributed by atoms with Crippen molar-refractivity contribution in [1.29, 1.82) is 0 Å². The van der Waals surface area contributed by atoms with Gasteiger partial charge in [0.1, 0.15) is 24.4 Å². The van der Waals surface area contributed by atoms with E-state index in [9.17, 15) is 20.4 Å². The lowest BCUT2D eigenvalue weighted by Gasteiger charge is -2.51. The third-order valence-corrected chi connectivity index (χ3v) is 13.1. The molecule has 0 aromatic heterocycles. The minimum absolute atomic E-state index is 0.0356. The van der Waals surface area contributed by atoms with E-state index < -0.39 is 36.0 Å². The number of aliphatic hydroxyl groups excluding tert-OH is 3. The van der Waals surface area contributed by atoms with Crippen molar-refractivity contribution in [2.45, 2.75) is 141 Å². The molecule has 3 heterocycles. The number of ether oxygens (including phenoxy) is 4. The molecule has 0 amide bonds. The van der Waals surface area contributed by atoms with Crippen LogP contribution >= 0.6 is 0 Å². The third kappa shape index (κ3) is 4.23. The quantitative estimate of drug-likeness (QED) is 0.357. The highest BCUT2D eigenvalue weighted by Gasteiger charge is 2.75. The van der Waals surface area contributed by atoms with Gasteiger partial charge in [-0.25, -0.2) is 0 Å². The number of fused-ring (bicyclic) bond motifs is 6. The van der Waals surface area contributed by atoms with Crippen LogP contribution in [0.25, 0.3) is 0 Å². The Hall–Kier alpha value is -1.10. The fourth-order valence-electron chi connectivity index (χ4n) is 10.7. The Kier molecular flexibility index (Phi) is 6.90. The number of allylic oxidation sites excluding steroid dienone is 5. The summed E-state index contributed by atoms with van der Waals surface area (Å²) >= 11 is 0. The van der Waals surface area contributed by atoms with Gasteiger partial charge in [0.2, 0.25) is 0 Å². The molecule has 3 aliphatic heterocycles. The van der Waals surface area contributed by atoms with Crippen LogP contribution in [0.2, 0.25) is 0 Å². The Morgan fingerprint density at radius 1 is 0.977 bits per heavy atom. The van der Waals surface area contributed by atoms with Gasteiger partial charge in [0.15, 0.2) is 12.1 Å². The first kappa shape index (κ1) is 30.5. The standard InChI is InChI=1S/C35H52O8/c1-18-14-24-29(32(4,5)39)43-35(42-24)17-34(7)22-10-9-21-19(15-20(22)12-13-33(34,6)28(18)35)8-11-25(31(21,2)3)41-30-27(38)26(37)23(36)16-40-30/h8,10,12,18,21,23-30,36-39H,9,11,13-17H2,1-7H3/t18-,21-,23-,24-,25+,26+,27-,28-,29+,30+,33-,34+,35-/m1/s1. The van der Waals surface area contributed by atoms with Crippen LogP contribution in [-0.4, -0.2) is 81.3 Å². The number of hydrogen-bond donors (Lipinski definition) is 4. The highest BCUT2D eigenvalue weighted by molar-refractivity contribution is 5.49. The van der Waals surface area contributed by atoms with E-state index in [1.54, 1.807) is 0 Å². The normalized spacial score (nSPS) is 52.1. The monoisotopic (exact) mass is 600 g/mol. The Bertz CT molecular complexity index is 1250. The largest absolute Gasteiger partial charge is 0.388 e. The second-order valence-electron chi connectivity index (χ2n) is 16.5. The van der Waals surface area contributed by atoms with E-state index in [1.807, 2.05) is 13.8 Å². The molecule has 1 saturated carbocycles. The summed E-state index contributed by atoms with van der Waals surface area (Å²) in [6.07, 6.45) is 7.18.